The molecule has 2 heteroatoms. The first-order valence-electron chi connectivity index (χ1n) is 2.33. The van der Waals surface area contributed by atoms with E-state index >= 15 is 0 Å². The van der Waals surface area contributed by atoms with Crippen molar-refractivity contribution in [2.24, 2.45) is 5.11 Å². The molecular weight excluding hydrogens is 88.1 g/mol. The van der Waals surface area contributed by atoms with Gasteiger partial charge in [0, 0.05) is 6.20 Å². The molecule has 0 amide bonds. The highest BCUT2D eigenvalue weighted by Gasteiger charge is 1.76. The van der Waals surface area contributed by atoms with Crippen molar-refractivity contribution < 1.29 is 0 Å². The van der Waals surface area contributed by atoms with Gasteiger partial charge in [0.1, 0.15) is 0 Å². The smallest absolute Gasteiger partial charge is 0.0477 e. The van der Waals surface area contributed by atoms with Gasteiger partial charge in [-0.05, 0) is 13.3 Å². The number of nitrogens with zero attached hydrogens (tertiary/aromatic N) is 1. The van der Waals surface area contributed by atoms with Gasteiger partial charge in [-0.2, -0.15) is 5.11 Å². The van der Waals surface area contributed by atoms with E-state index in [-0.39, 0.29) is 0 Å². The quantitative estimate of drug-likeness (QED) is 0.514. The molecule has 0 atom stereocenters. The van der Waals surface area contributed by atoms with Gasteiger partial charge in [-0.3, -0.25) is 0 Å². The monoisotopic (exact) mass is 98.1 g/mol. The zero-order valence-electron chi connectivity index (χ0n) is 4.73. The van der Waals surface area contributed by atoms with Gasteiger partial charge in [0.15, 0.2) is 0 Å². The summed E-state index contributed by atoms with van der Waals surface area (Å²) in [5.74, 6) is 0. The second kappa shape index (κ2) is 3.53. The summed E-state index contributed by atoms with van der Waals surface area (Å²) >= 11 is 0. The highest BCUT2D eigenvalue weighted by Crippen LogP contribution is 1.95. The number of hydrogen-bond acceptors (Lipinski definition) is 2. The average molecular weight is 98.1 g/mol. The summed E-state index contributed by atoms with van der Waals surface area (Å²) in [4.78, 5) is 0. The number of hydrogen-bond donors (Lipinski definition) is 1. The first kappa shape index (κ1) is 6.34. The van der Waals surface area contributed by atoms with Gasteiger partial charge in [-0.15, -0.1) is 0 Å². The summed E-state index contributed by atoms with van der Waals surface area (Å²) in [6, 6.07) is 0. The van der Waals surface area contributed by atoms with E-state index in [1.54, 1.807) is 6.20 Å². The van der Waals surface area contributed by atoms with Crippen molar-refractivity contribution in [2.75, 3.05) is 0 Å². The Bertz CT molecular complexity index is 84.1. The summed E-state index contributed by atoms with van der Waals surface area (Å²) in [6.45, 7) is 4.00. The van der Waals surface area contributed by atoms with Crippen molar-refractivity contribution in [3.05, 3.63) is 11.8 Å². The van der Waals surface area contributed by atoms with Crippen molar-refractivity contribution in [3.8, 4) is 0 Å². The molecule has 0 heterocycles. The van der Waals surface area contributed by atoms with E-state index in [1.165, 1.54) is 0 Å². The van der Waals surface area contributed by atoms with Crippen LogP contribution >= 0.6 is 0 Å². The molecule has 0 aliphatic rings. The molecule has 0 aromatic rings. The second-order valence-corrected chi connectivity index (χ2v) is 1.46. The third kappa shape index (κ3) is 3.16. The Kier molecular flexibility index (Phi) is 3.19. The lowest BCUT2D eigenvalue weighted by atomic mass is 10.3. The third-order valence-electron chi connectivity index (χ3n) is 0.843. The highest BCUT2D eigenvalue weighted by molar-refractivity contribution is 4.93. The molecule has 40 valence electrons. The van der Waals surface area contributed by atoms with Gasteiger partial charge < -0.3 is 0 Å². The minimum Gasteiger partial charge on any atom is -0.205 e. The standard InChI is InChI=1S/C5H10N2/c1-3-5(2)4-7-6/h4,6H,3H2,1-2H3. The predicted molar refractivity (Wildman–Crippen MR) is 29.2 cm³/mol. The van der Waals surface area contributed by atoms with E-state index in [0.29, 0.717) is 0 Å². The summed E-state index contributed by atoms with van der Waals surface area (Å²) < 4.78 is 0. The van der Waals surface area contributed by atoms with Gasteiger partial charge in [0.2, 0.25) is 0 Å². The van der Waals surface area contributed by atoms with Gasteiger partial charge in [-0.25, -0.2) is 5.53 Å². The van der Waals surface area contributed by atoms with Gasteiger partial charge >= 0.3 is 0 Å². The van der Waals surface area contributed by atoms with E-state index in [2.05, 4.69) is 5.11 Å². The van der Waals surface area contributed by atoms with Crippen LogP contribution in [-0.4, -0.2) is 0 Å². The summed E-state index contributed by atoms with van der Waals surface area (Å²) in [5.41, 5.74) is 7.53. The van der Waals surface area contributed by atoms with E-state index in [1.807, 2.05) is 13.8 Å². The summed E-state index contributed by atoms with van der Waals surface area (Å²) in [5, 5.41) is 3.09. The fourth-order valence-electron chi connectivity index (χ4n) is 0.201. The van der Waals surface area contributed by atoms with Gasteiger partial charge in [0.05, 0.1) is 0 Å². The molecule has 0 saturated heterocycles. The van der Waals surface area contributed by atoms with Crippen molar-refractivity contribution >= 4 is 0 Å². The SMILES string of the molecule is CCC(C)=CN=N. The molecule has 0 bridgehead atoms. The van der Waals surface area contributed by atoms with Crippen LogP contribution in [0, 0.1) is 5.53 Å². The van der Waals surface area contributed by atoms with Crippen LogP contribution in [0.25, 0.3) is 0 Å². The Morgan fingerprint density at radius 1 is 1.86 bits per heavy atom. The van der Waals surface area contributed by atoms with Crippen molar-refractivity contribution in [3.63, 3.8) is 0 Å². The van der Waals surface area contributed by atoms with Crippen molar-refractivity contribution in [1.29, 1.82) is 5.53 Å². The maximum Gasteiger partial charge on any atom is 0.0477 e. The normalized spacial score (nSPS) is 11.4. The molecule has 0 rings (SSSR count). The van der Waals surface area contributed by atoms with E-state index in [0.717, 1.165) is 12.0 Å². The van der Waals surface area contributed by atoms with E-state index in [4.69, 9.17) is 5.53 Å². The Labute approximate surface area is 43.7 Å². The van der Waals surface area contributed by atoms with E-state index < -0.39 is 0 Å². The zero-order valence-corrected chi connectivity index (χ0v) is 4.73. The van der Waals surface area contributed by atoms with Crippen LogP contribution in [0.1, 0.15) is 20.3 Å². The molecule has 0 aliphatic carbocycles. The van der Waals surface area contributed by atoms with Crippen molar-refractivity contribution in [2.45, 2.75) is 20.3 Å². The zero-order chi connectivity index (χ0) is 5.70. The lowest BCUT2D eigenvalue weighted by molar-refractivity contribution is 1.04. The molecule has 7 heavy (non-hydrogen) atoms. The number of allylic oxidation sites excluding steroid dienone is 1. The highest BCUT2D eigenvalue weighted by atomic mass is 14.9. The molecular formula is C5H10N2. The predicted octanol–water partition coefficient (Wildman–Crippen LogP) is 2.33. The van der Waals surface area contributed by atoms with Crippen LogP contribution < -0.4 is 0 Å². The van der Waals surface area contributed by atoms with Crippen LogP contribution in [0.15, 0.2) is 16.9 Å². The lowest BCUT2D eigenvalue weighted by Crippen LogP contribution is -1.65. The Balaban J connectivity index is 3.49. The van der Waals surface area contributed by atoms with Crippen LogP contribution in [0.3, 0.4) is 0 Å². The maximum absolute atomic E-state index is 6.38. The molecule has 0 radical (unpaired) electrons. The number of nitrogens with one attached hydrogen (secondary N) is 1. The van der Waals surface area contributed by atoms with Crippen LogP contribution in [-0.2, 0) is 0 Å². The molecule has 0 aromatic heterocycles. The fraction of sp³-hybridized carbons (Fsp3) is 0.600. The summed E-state index contributed by atoms with van der Waals surface area (Å²) in [7, 11) is 0. The Hall–Kier alpha value is -0.660. The second-order valence-electron chi connectivity index (χ2n) is 1.46. The minimum atomic E-state index is 0.988. The van der Waals surface area contributed by atoms with Gasteiger partial charge in [-0.1, -0.05) is 12.5 Å². The van der Waals surface area contributed by atoms with Crippen LogP contribution in [0.2, 0.25) is 0 Å². The minimum absolute atomic E-state index is 0.988. The van der Waals surface area contributed by atoms with Crippen LogP contribution in [0.4, 0.5) is 0 Å². The van der Waals surface area contributed by atoms with Gasteiger partial charge in [0.25, 0.3) is 0 Å². The first-order valence-corrected chi connectivity index (χ1v) is 2.33. The third-order valence-corrected chi connectivity index (χ3v) is 0.843. The molecule has 0 fully saturated rings. The largest absolute Gasteiger partial charge is 0.205 e. The molecule has 0 aromatic carbocycles. The maximum atomic E-state index is 6.38. The van der Waals surface area contributed by atoms with E-state index in [9.17, 15) is 0 Å². The fourth-order valence-corrected chi connectivity index (χ4v) is 0.201. The number of rotatable bonds is 2. The molecule has 0 aliphatic heterocycles. The first-order chi connectivity index (χ1) is 3.31. The Morgan fingerprint density at radius 3 is 2.57 bits per heavy atom. The Morgan fingerprint density at radius 2 is 2.43 bits per heavy atom. The topological polar surface area (TPSA) is 36.2 Å². The van der Waals surface area contributed by atoms with Crippen molar-refractivity contribution in [1.82, 2.24) is 0 Å². The molecule has 0 unspecified atom stereocenters. The molecule has 0 spiro atoms. The molecule has 1 N–H and O–H groups in total. The average Bonchev–Trinajstić information content (AvgIpc) is 1.68. The lowest BCUT2D eigenvalue weighted by Gasteiger charge is -1.84. The molecule has 0 saturated carbocycles. The molecule has 2 nitrogen and oxygen atoms in total. The summed E-state index contributed by atoms with van der Waals surface area (Å²) in [6.07, 6.45) is 2.54. The van der Waals surface area contributed by atoms with Crippen LogP contribution in [0.5, 0.6) is 0 Å².